The SMILES string of the molecule is COC(=O)[C@@]1(C)CNCO1. The van der Waals surface area contributed by atoms with E-state index in [4.69, 9.17) is 4.74 Å². The lowest BCUT2D eigenvalue weighted by Gasteiger charge is -2.17. The monoisotopic (exact) mass is 145 g/mol. The van der Waals surface area contributed by atoms with Crippen LogP contribution in [0.4, 0.5) is 0 Å². The second-order valence-corrected chi connectivity index (χ2v) is 2.44. The average Bonchev–Trinajstić information content (AvgIpc) is 2.36. The first-order valence-corrected chi connectivity index (χ1v) is 3.12. The van der Waals surface area contributed by atoms with Crippen LogP contribution in [-0.2, 0) is 14.3 Å². The molecule has 0 saturated carbocycles. The molecule has 10 heavy (non-hydrogen) atoms. The maximum atomic E-state index is 10.9. The molecule has 1 aliphatic heterocycles. The summed E-state index contributed by atoms with van der Waals surface area (Å²) in [5, 5.41) is 2.90. The van der Waals surface area contributed by atoms with Gasteiger partial charge >= 0.3 is 5.97 Å². The zero-order valence-corrected chi connectivity index (χ0v) is 6.14. The molecule has 0 aromatic rings. The van der Waals surface area contributed by atoms with Crippen molar-refractivity contribution < 1.29 is 14.3 Å². The number of hydrogen-bond donors (Lipinski definition) is 1. The van der Waals surface area contributed by atoms with Gasteiger partial charge in [0.25, 0.3) is 0 Å². The zero-order valence-electron chi connectivity index (χ0n) is 6.14. The van der Waals surface area contributed by atoms with Gasteiger partial charge in [0, 0.05) is 6.54 Å². The first kappa shape index (κ1) is 7.50. The lowest BCUT2D eigenvalue weighted by molar-refractivity contribution is -0.160. The van der Waals surface area contributed by atoms with E-state index >= 15 is 0 Å². The molecule has 4 heteroatoms. The molecule has 0 bridgehead atoms. The minimum absolute atomic E-state index is 0.322. The molecular weight excluding hydrogens is 134 g/mol. The third-order valence-corrected chi connectivity index (χ3v) is 1.57. The fourth-order valence-electron chi connectivity index (χ4n) is 0.898. The molecule has 0 amide bonds. The standard InChI is InChI=1S/C6H11NO3/c1-6(5(8)9-2)3-7-4-10-6/h7H,3-4H2,1-2H3/t6-/m1/s1. The van der Waals surface area contributed by atoms with Crippen molar-refractivity contribution in [2.24, 2.45) is 0 Å². The Morgan fingerprint density at radius 1 is 1.80 bits per heavy atom. The molecule has 1 atom stereocenters. The number of esters is 1. The maximum absolute atomic E-state index is 10.9. The minimum atomic E-state index is -0.769. The fourth-order valence-corrected chi connectivity index (χ4v) is 0.898. The fraction of sp³-hybridized carbons (Fsp3) is 0.833. The molecule has 0 spiro atoms. The van der Waals surface area contributed by atoms with Gasteiger partial charge in [-0.3, -0.25) is 5.32 Å². The molecule has 1 rings (SSSR count). The lowest BCUT2D eigenvalue weighted by Crippen LogP contribution is -2.39. The van der Waals surface area contributed by atoms with E-state index in [-0.39, 0.29) is 5.97 Å². The Balaban J connectivity index is 2.58. The van der Waals surface area contributed by atoms with E-state index in [0.717, 1.165) is 0 Å². The van der Waals surface area contributed by atoms with Crippen molar-refractivity contribution in [2.45, 2.75) is 12.5 Å². The topological polar surface area (TPSA) is 47.6 Å². The van der Waals surface area contributed by atoms with Crippen molar-refractivity contribution in [2.75, 3.05) is 20.4 Å². The first-order valence-electron chi connectivity index (χ1n) is 3.12. The summed E-state index contributed by atoms with van der Waals surface area (Å²) in [6, 6.07) is 0. The van der Waals surface area contributed by atoms with Crippen molar-refractivity contribution in [3.05, 3.63) is 0 Å². The van der Waals surface area contributed by atoms with Gasteiger partial charge in [0.2, 0.25) is 0 Å². The normalized spacial score (nSPS) is 32.2. The van der Waals surface area contributed by atoms with Gasteiger partial charge in [0.1, 0.15) is 0 Å². The molecule has 1 aliphatic rings. The van der Waals surface area contributed by atoms with E-state index < -0.39 is 5.60 Å². The summed E-state index contributed by atoms with van der Waals surface area (Å²) < 4.78 is 9.64. The quantitative estimate of drug-likeness (QED) is 0.505. The average molecular weight is 145 g/mol. The molecule has 58 valence electrons. The van der Waals surface area contributed by atoms with Crippen molar-refractivity contribution >= 4 is 5.97 Å². The third-order valence-electron chi connectivity index (χ3n) is 1.57. The maximum Gasteiger partial charge on any atom is 0.339 e. The van der Waals surface area contributed by atoms with Gasteiger partial charge in [0.15, 0.2) is 5.60 Å². The van der Waals surface area contributed by atoms with Gasteiger partial charge in [-0.2, -0.15) is 0 Å². The van der Waals surface area contributed by atoms with Crippen LogP contribution >= 0.6 is 0 Å². The van der Waals surface area contributed by atoms with E-state index in [1.165, 1.54) is 7.11 Å². The van der Waals surface area contributed by atoms with E-state index in [1.54, 1.807) is 6.92 Å². The van der Waals surface area contributed by atoms with Crippen LogP contribution < -0.4 is 5.32 Å². The van der Waals surface area contributed by atoms with Crippen LogP contribution in [0.25, 0.3) is 0 Å². The van der Waals surface area contributed by atoms with Gasteiger partial charge < -0.3 is 9.47 Å². The second-order valence-electron chi connectivity index (χ2n) is 2.44. The summed E-state index contributed by atoms with van der Waals surface area (Å²) in [5.74, 6) is -0.322. The highest BCUT2D eigenvalue weighted by Gasteiger charge is 2.38. The Morgan fingerprint density at radius 2 is 2.50 bits per heavy atom. The van der Waals surface area contributed by atoms with Crippen LogP contribution in [0, 0.1) is 0 Å². The summed E-state index contributed by atoms with van der Waals surface area (Å²) in [7, 11) is 1.36. The van der Waals surface area contributed by atoms with Crippen molar-refractivity contribution in [1.29, 1.82) is 0 Å². The van der Waals surface area contributed by atoms with E-state index in [0.29, 0.717) is 13.3 Å². The number of hydrogen-bond acceptors (Lipinski definition) is 4. The Labute approximate surface area is 59.5 Å². The van der Waals surface area contributed by atoms with E-state index in [9.17, 15) is 4.79 Å². The number of nitrogens with one attached hydrogen (secondary N) is 1. The summed E-state index contributed by atoms with van der Waals surface area (Å²) >= 11 is 0. The Bertz CT molecular complexity index is 140. The molecule has 4 nitrogen and oxygen atoms in total. The highest BCUT2D eigenvalue weighted by Crippen LogP contribution is 2.14. The molecule has 1 fully saturated rings. The first-order chi connectivity index (χ1) is 4.69. The van der Waals surface area contributed by atoms with E-state index in [1.807, 2.05) is 0 Å². The van der Waals surface area contributed by atoms with Gasteiger partial charge in [0.05, 0.1) is 13.8 Å². The Kier molecular flexibility index (Phi) is 1.92. The number of ether oxygens (including phenoxy) is 2. The summed E-state index contributed by atoms with van der Waals surface area (Å²) in [6.07, 6.45) is 0. The Hall–Kier alpha value is -0.610. The van der Waals surface area contributed by atoms with Crippen LogP contribution in [0.3, 0.4) is 0 Å². The predicted molar refractivity (Wildman–Crippen MR) is 34.4 cm³/mol. The van der Waals surface area contributed by atoms with Crippen molar-refractivity contribution in [3.8, 4) is 0 Å². The van der Waals surface area contributed by atoms with Crippen LogP contribution in [0.1, 0.15) is 6.92 Å². The van der Waals surface area contributed by atoms with Crippen LogP contribution in [0.5, 0.6) is 0 Å². The molecule has 1 N–H and O–H groups in total. The predicted octanol–water partition coefficient (Wildman–Crippen LogP) is -0.505. The molecule has 0 aromatic heterocycles. The van der Waals surface area contributed by atoms with Gasteiger partial charge in [-0.05, 0) is 6.92 Å². The molecule has 0 unspecified atom stereocenters. The van der Waals surface area contributed by atoms with Crippen LogP contribution in [0.2, 0.25) is 0 Å². The number of carbonyl (C=O) groups excluding carboxylic acids is 1. The Morgan fingerprint density at radius 3 is 2.90 bits per heavy atom. The van der Waals surface area contributed by atoms with Gasteiger partial charge in [-0.15, -0.1) is 0 Å². The summed E-state index contributed by atoms with van der Waals surface area (Å²) in [5.41, 5.74) is -0.769. The highest BCUT2D eigenvalue weighted by atomic mass is 16.6. The van der Waals surface area contributed by atoms with Crippen molar-refractivity contribution in [1.82, 2.24) is 5.32 Å². The number of carbonyl (C=O) groups is 1. The number of rotatable bonds is 1. The van der Waals surface area contributed by atoms with Crippen LogP contribution in [-0.4, -0.2) is 32.0 Å². The van der Waals surface area contributed by atoms with Crippen molar-refractivity contribution in [3.63, 3.8) is 0 Å². The largest absolute Gasteiger partial charge is 0.467 e. The molecular formula is C6H11NO3. The lowest BCUT2D eigenvalue weighted by atomic mass is 10.1. The smallest absolute Gasteiger partial charge is 0.339 e. The van der Waals surface area contributed by atoms with E-state index in [2.05, 4.69) is 10.1 Å². The highest BCUT2D eigenvalue weighted by molar-refractivity contribution is 5.79. The number of methoxy groups -OCH3 is 1. The van der Waals surface area contributed by atoms with Crippen LogP contribution in [0.15, 0.2) is 0 Å². The van der Waals surface area contributed by atoms with Gasteiger partial charge in [-0.1, -0.05) is 0 Å². The molecule has 0 aliphatic carbocycles. The second kappa shape index (κ2) is 2.56. The minimum Gasteiger partial charge on any atom is -0.467 e. The third kappa shape index (κ3) is 1.12. The summed E-state index contributed by atoms with van der Waals surface area (Å²) in [4.78, 5) is 10.9. The zero-order chi connectivity index (χ0) is 7.61. The van der Waals surface area contributed by atoms with Gasteiger partial charge in [-0.25, -0.2) is 4.79 Å². The molecule has 0 radical (unpaired) electrons. The molecule has 1 heterocycles. The molecule has 0 aromatic carbocycles. The molecule has 1 saturated heterocycles. The summed E-state index contributed by atoms with van der Waals surface area (Å²) in [6.45, 7) is 2.66.